The number of fused-ring (bicyclic) bond motifs is 1. The van der Waals surface area contributed by atoms with Gasteiger partial charge in [0.05, 0.1) is 5.02 Å². The molecule has 0 bridgehead atoms. The summed E-state index contributed by atoms with van der Waals surface area (Å²) in [5.41, 5.74) is 0.192. The molecule has 1 saturated carbocycles. The second-order valence-corrected chi connectivity index (χ2v) is 5.30. The predicted molar refractivity (Wildman–Crippen MR) is 70.7 cm³/mol. The molecule has 0 N–H and O–H groups in total. The molecule has 1 aliphatic heterocycles. The fourth-order valence-electron chi connectivity index (χ4n) is 2.99. The number of isocyanates is 1. The van der Waals surface area contributed by atoms with Crippen LogP contribution in [0.15, 0.2) is 17.1 Å². The van der Waals surface area contributed by atoms with Crippen molar-refractivity contribution in [3.63, 3.8) is 0 Å². The number of halogens is 1. The van der Waals surface area contributed by atoms with E-state index < -0.39 is 5.54 Å². The Kier molecular flexibility index (Phi) is 3.21. The first-order valence-corrected chi connectivity index (χ1v) is 6.82. The maximum Gasteiger partial charge on any atom is 0.235 e. The molecule has 0 radical (unpaired) electrons. The smallest absolute Gasteiger partial charge is 0.235 e. The highest BCUT2D eigenvalue weighted by molar-refractivity contribution is 6.31. The monoisotopic (exact) mass is 279 g/mol. The first kappa shape index (κ1) is 12.5. The molecule has 1 fully saturated rings. The summed E-state index contributed by atoms with van der Waals surface area (Å²) in [6.45, 7) is 1.01. The maximum atomic E-state index is 10.8. The minimum atomic E-state index is -0.592. The first-order chi connectivity index (χ1) is 9.27. The van der Waals surface area contributed by atoms with E-state index in [4.69, 9.17) is 21.1 Å². The molecule has 0 unspecified atom stereocenters. The van der Waals surface area contributed by atoms with Gasteiger partial charge in [-0.05, 0) is 25.0 Å². The molecule has 0 amide bonds. The van der Waals surface area contributed by atoms with Crippen molar-refractivity contribution in [3.05, 3.63) is 22.7 Å². The third-order valence-corrected chi connectivity index (χ3v) is 4.13. The van der Waals surface area contributed by atoms with Gasteiger partial charge in [0.2, 0.25) is 6.08 Å². The number of rotatable bonds is 2. The lowest BCUT2D eigenvalue weighted by Gasteiger charge is -2.29. The highest BCUT2D eigenvalue weighted by atomic mass is 35.5. The number of nitrogens with zero attached hydrogens (tertiary/aromatic N) is 1. The van der Waals surface area contributed by atoms with E-state index in [1.165, 1.54) is 0 Å². The minimum Gasteiger partial charge on any atom is -0.486 e. The standard InChI is InChI=1S/C14H14ClNO3/c15-10-3-4-11-13(19-8-7-18-11)12(10)14(16-9-17)5-1-2-6-14/h3-4H,1-2,5-8H2. The average molecular weight is 280 g/mol. The summed E-state index contributed by atoms with van der Waals surface area (Å²) >= 11 is 6.34. The van der Waals surface area contributed by atoms with E-state index in [0.717, 1.165) is 31.2 Å². The first-order valence-electron chi connectivity index (χ1n) is 6.44. The molecule has 5 heteroatoms. The van der Waals surface area contributed by atoms with Gasteiger partial charge in [-0.25, -0.2) is 4.79 Å². The summed E-state index contributed by atoms with van der Waals surface area (Å²) in [5, 5.41) is 0.574. The molecule has 100 valence electrons. The van der Waals surface area contributed by atoms with Crippen molar-refractivity contribution in [3.8, 4) is 11.5 Å². The molecule has 0 saturated heterocycles. The van der Waals surface area contributed by atoms with Crippen LogP contribution in [-0.4, -0.2) is 19.3 Å². The molecule has 2 aliphatic rings. The van der Waals surface area contributed by atoms with Gasteiger partial charge in [0.25, 0.3) is 0 Å². The third kappa shape index (κ3) is 2.01. The lowest BCUT2D eigenvalue weighted by molar-refractivity contribution is 0.167. The zero-order valence-corrected chi connectivity index (χ0v) is 11.2. The van der Waals surface area contributed by atoms with E-state index in [9.17, 15) is 4.79 Å². The summed E-state index contributed by atoms with van der Waals surface area (Å²) in [6, 6.07) is 3.58. The highest BCUT2D eigenvalue weighted by Crippen LogP contribution is 2.51. The highest BCUT2D eigenvalue weighted by Gasteiger charge is 2.41. The van der Waals surface area contributed by atoms with Crippen molar-refractivity contribution in [1.82, 2.24) is 0 Å². The second kappa shape index (κ2) is 4.87. The summed E-state index contributed by atoms with van der Waals surface area (Å²) in [6.07, 6.45) is 5.33. The molecule has 0 atom stereocenters. The summed E-state index contributed by atoms with van der Waals surface area (Å²) in [5.74, 6) is 1.32. The molecular weight excluding hydrogens is 266 g/mol. The van der Waals surface area contributed by atoms with Gasteiger partial charge >= 0.3 is 0 Å². The lowest BCUT2D eigenvalue weighted by atomic mass is 9.87. The van der Waals surface area contributed by atoms with Gasteiger partial charge in [0.15, 0.2) is 11.5 Å². The van der Waals surface area contributed by atoms with E-state index in [1.54, 1.807) is 18.2 Å². The van der Waals surface area contributed by atoms with Crippen LogP contribution in [0.2, 0.25) is 5.02 Å². The molecule has 1 aromatic rings. The van der Waals surface area contributed by atoms with Crippen molar-refractivity contribution in [2.75, 3.05) is 13.2 Å². The van der Waals surface area contributed by atoms with Gasteiger partial charge in [-0.15, -0.1) is 0 Å². The average Bonchev–Trinajstić information content (AvgIpc) is 2.88. The van der Waals surface area contributed by atoms with E-state index in [-0.39, 0.29) is 0 Å². The Bertz CT molecular complexity index is 546. The Balaban J connectivity index is 2.20. The van der Waals surface area contributed by atoms with Crippen molar-refractivity contribution in [2.45, 2.75) is 31.2 Å². The normalized spacial score (nSPS) is 19.8. The third-order valence-electron chi connectivity index (χ3n) is 3.81. The van der Waals surface area contributed by atoms with Gasteiger partial charge < -0.3 is 9.47 Å². The Labute approximate surface area is 116 Å². The molecule has 0 aromatic heterocycles. The quantitative estimate of drug-likeness (QED) is 0.617. The summed E-state index contributed by atoms with van der Waals surface area (Å²) in [7, 11) is 0. The Morgan fingerprint density at radius 3 is 2.68 bits per heavy atom. The fourth-order valence-corrected chi connectivity index (χ4v) is 3.32. The minimum absolute atomic E-state index is 0.487. The van der Waals surface area contributed by atoms with Crippen LogP contribution in [0.25, 0.3) is 0 Å². The molecule has 3 rings (SSSR count). The molecule has 1 aromatic carbocycles. The van der Waals surface area contributed by atoms with Crippen LogP contribution < -0.4 is 9.47 Å². The Morgan fingerprint density at radius 1 is 1.21 bits per heavy atom. The summed E-state index contributed by atoms with van der Waals surface area (Å²) < 4.78 is 11.3. The number of aliphatic imine (C=N–C) groups is 1. The Hall–Kier alpha value is -1.51. The van der Waals surface area contributed by atoms with E-state index >= 15 is 0 Å². The van der Waals surface area contributed by atoms with Gasteiger partial charge in [0, 0.05) is 5.56 Å². The van der Waals surface area contributed by atoms with Crippen LogP contribution in [0.3, 0.4) is 0 Å². The topological polar surface area (TPSA) is 47.9 Å². The maximum absolute atomic E-state index is 10.8. The van der Waals surface area contributed by atoms with Gasteiger partial charge in [0.1, 0.15) is 18.8 Å². The molecular formula is C14H14ClNO3. The number of ether oxygens (including phenoxy) is 2. The van der Waals surface area contributed by atoms with Crippen molar-refractivity contribution < 1.29 is 14.3 Å². The number of benzene rings is 1. The van der Waals surface area contributed by atoms with Gasteiger partial charge in [-0.1, -0.05) is 24.4 Å². The predicted octanol–water partition coefficient (Wildman–Crippen LogP) is 3.22. The van der Waals surface area contributed by atoms with Gasteiger partial charge in [-0.2, -0.15) is 4.99 Å². The number of hydrogen-bond acceptors (Lipinski definition) is 4. The number of carbonyl (C=O) groups excluding carboxylic acids is 1. The molecule has 19 heavy (non-hydrogen) atoms. The zero-order chi connectivity index (χ0) is 13.3. The Morgan fingerprint density at radius 2 is 1.95 bits per heavy atom. The van der Waals surface area contributed by atoms with E-state index in [2.05, 4.69) is 4.99 Å². The van der Waals surface area contributed by atoms with Crippen molar-refractivity contribution in [2.24, 2.45) is 4.99 Å². The zero-order valence-electron chi connectivity index (χ0n) is 10.4. The van der Waals surface area contributed by atoms with Gasteiger partial charge in [-0.3, -0.25) is 0 Å². The molecule has 1 aliphatic carbocycles. The second-order valence-electron chi connectivity index (χ2n) is 4.89. The van der Waals surface area contributed by atoms with Crippen LogP contribution in [0, 0.1) is 0 Å². The SMILES string of the molecule is O=C=NC1(c2c(Cl)ccc3c2OCCO3)CCCC1. The molecule has 1 heterocycles. The van der Waals surface area contributed by atoms with E-state index in [1.807, 2.05) is 0 Å². The van der Waals surface area contributed by atoms with Crippen LogP contribution in [0.5, 0.6) is 11.5 Å². The largest absolute Gasteiger partial charge is 0.486 e. The van der Waals surface area contributed by atoms with Crippen molar-refractivity contribution >= 4 is 17.7 Å². The summed E-state index contributed by atoms with van der Waals surface area (Å²) in [4.78, 5) is 14.9. The van der Waals surface area contributed by atoms with Crippen LogP contribution >= 0.6 is 11.6 Å². The van der Waals surface area contributed by atoms with Crippen molar-refractivity contribution in [1.29, 1.82) is 0 Å². The molecule has 0 spiro atoms. The van der Waals surface area contributed by atoms with Crippen LogP contribution in [-0.2, 0) is 10.3 Å². The van der Waals surface area contributed by atoms with Crippen LogP contribution in [0.1, 0.15) is 31.2 Å². The fraction of sp³-hybridized carbons (Fsp3) is 0.500. The van der Waals surface area contributed by atoms with Crippen LogP contribution in [0.4, 0.5) is 0 Å². The molecule has 4 nitrogen and oxygen atoms in total. The number of hydrogen-bond donors (Lipinski definition) is 0. The lowest BCUT2D eigenvalue weighted by Crippen LogP contribution is -2.24. The van der Waals surface area contributed by atoms with E-state index in [0.29, 0.717) is 29.7 Å².